The van der Waals surface area contributed by atoms with E-state index in [-0.39, 0.29) is 11.8 Å². The molecule has 2 N–H and O–H groups in total. The summed E-state index contributed by atoms with van der Waals surface area (Å²) >= 11 is 0. The normalized spacial score (nSPS) is 15.7. The van der Waals surface area contributed by atoms with Crippen LogP contribution in [0.25, 0.3) is 0 Å². The molecule has 0 aliphatic rings. The third kappa shape index (κ3) is 4.38. The van der Waals surface area contributed by atoms with Gasteiger partial charge in [-0.15, -0.1) is 0 Å². The summed E-state index contributed by atoms with van der Waals surface area (Å²) in [5.41, 5.74) is 0. The average Bonchev–Trinajstić information content (AvgIpc) is 1.98. The highest BCUT2D eigenvalue weighted by molar-refractivity contribution is 5.10. The quantitative estimate of drug-likeness (QED) is 0.607. The molecule has 0 aliphatic heterocycles. The minimum absolute atomic E-state index is 0.122. The van der Waals surface area contributed by atoms with Gasteiger partial charge < -0.3 is 10.2 Å². The van der Waals surface area contributed by atoms with Gasteiger partial charge >= 0.3 is 0 Å². The van der Waals surface area contributed by atoms with Crippen LogP contribution in [0.4, 0.5) is 0 Å². The van der Waals surface area contributed by atoms with Gasteiger partial charge in [0.25, 0.3) is 0 Å². The van der Waals surface area contributed by atoms with E-state index in [1.54, 1.807) is 0 Å². The number of aliphatic hydroxyl groups is 2. The van der Waals surface area contributed by atoms with Gasteiger partial charge in [0.05, 0.1) is 0 Å². The molecule has 0 aromatic heterocycles. The Hall–Kier alpha value is -0.520. The maximum Gasteiger partial charge on any atom is 0.117 e. The van der Waals surface area contributed by atoms with Crippen LogP contribution in [-0.2, 0) is 0 Å². The molecule has 0 bridgehead atoms. The Morgan fingerprint density at radius 1 is 0.750 bits per heavy atom. The van der Waals surface area contributed by atoms with E-state index in [1.807, 2.05) is 27.7 Å². The molecule has 0 fully saturated rings. The van der Waals surface area contributed by atoms with Crippen molar-refractivity contribution in [3.8, 4) is 11.8 Å². The van der Waals surface area contributed by atoms with Crippen molar-refractivity contribution in [3.05, 3.63) is 0 Å². The van der Waals surface area contributed by atoms with Gasteiger partial charge in [0.15, 0.2) is 0 Å². The van der Waals surface area contributed by atoms with Gasteiger partial charge in [0.1, 0.15) is 12.2 Å². The smallest absolute Gasteiger partial charge is 0.117 e. The highest BCUT2D eigenvalue weighted by Crippen LogP contribution is 2.01. The second-order valence-corrected chi connectivity index (χ2v) is 3.67. The van der Waals surface area contributed by atoms with E-state index < -0.39 is 12.2 Å². The zero-order chi connectivity index (χ0) is 9.72. The molecule has 0 aliphatic carbocycles. The van der Waals surface area contributed by atoms with E-state index in [2.05, 4.69) is 11.8 Å². The Bertz CT molecular complexity index is 156. The van der Waals surface area contributed by atoms with Crippen molar-refractivity contribution < 1.29 is 10.2 Å². The average molecular weight is 170 g/mol. The van der Waals surface area contributed by atoms with Gasteiger partial charge in [-0.05, 0) is 11.8 Å². The molecule has 0 rings (SSSR count). The Morgan fingerprint density at radius 3 is 1.17 bits per heavy atom. The molecule has 2 heteroatoms. The van der Waals surface area contributed by atoms with E-state index in [0.717, 1.165) is 0 Å². The first-order valence-corrected chi connectivity index (χ1v) is 4.32. The molecule has 0 spiro atoms. The highest BCUT2D eigenvalue weighted by atomic mass is 16.3. The third-order valence-corrected chi connectivity index (χ3v) is 1.64. The van der Waals surface area contributed by atoms with Gasteiger partial charge in [0, 0.05) is 0 Å². The molecule has 2 atom stereocenters. The zero-order valence-electron chi connectivity index (χ0n) is 8.20. The minimum Gasteiger partial charge on any atom is -0.380 e. The fourth-order valence-corrected chi connectivity index (χ4v) is 0.504. The van der Waals surface area contributed by atoms with E-state index in [0.29, 0.717) is 0 Å². The second-order valence-electron chi connectivity index (χ2n) is 3.67. The van der Waals surface area contributed by atoms with Crippen LogP contribution in [-0.4, -0.2) is 22.4 Å². The van der Waals surface area contributed by atoms with E-state index in [9.17, 15) is 10.2 Å². The summed E-state index contributed by atoms with van der Waals surface area (Å²) in [5, 5.41) is 18.5. The maximum absolute atomic E-state index is 9.27. The molecule has 70 valence electrons. The van der Waals surface area contributed by atoms with Crippen LogP contribution in [0.1, 0.15) is 27.7 Å². The van der Waals surface area contributed by atoms with Crippen molar-refractivity contribution in [1.29, 1.82) is 0 Å². The lowest BCUT2D eigenvalue weighted by atomic mass is 10.1. The largest absolute Gasteiger partial charge is 0.380 e. The van der Waals surface area contributed by atoms with Crippen LogP contribution in [0.3, 0.4) is 0 Å². The van der Waals surface area contributed by atoms with Crippen LogP contribution >= 0.6 is 0 Å². The van der Waals surface area contributed by atoms with Crippen molar-refractivity contribution in [3.63, 3.8) is 0 Å². The molecule has 0 amide bonds. The van der Waals surface area contributed by atoms with Gasteiger partial charge in [-0.2, -0.15) is 0 Å². The molecule has 0 heterocycles. The van der Waals surface area contributed by atoms with Crippen LogP contribution in [0.5, 0.6) is 0 Å². The molecule has 0 radical (unpaired) electrons. The van der Waals surface area contributed by atoms with Gasteiger partial charge in [-0.1, -0.05) is 39.5 Å². The molecule has 12 heavy (non-hydrogen) atoms. The summed E-state index contributed by atoms with van der Waals surface area (Å²) in [5.74, 6) is 5.48. The van der Waals surface area contributed by atoms with Crippen LogP contribution in [0, 0.1) is 23.7 Å². The molecule has 0 aromatic carbocycles. The number of hydrogen-bond donors (Lipinski definition) is 2. The zero-order valence-corrected chi connectivity index (χ0v) is 8.20. The lowest BCUT2D eigenvalue weighted by molar-refractivity contribution is 0.171. The summed E-state index contributed by atoms with van der Waals surface area (Å²) in [6.45, 7) is 7.56. The van der Waals surface area contributed by atoms with Crippen LogP contribution in [0.15, 0.2) is 0 Å². The topological polar surface area (TPSA) is 40.5 Å². The summed E-state index contributed by atoms with van der Waals surface area (Å²) in [4.78, 5) is 0. The minimum atomic E-state index is -0.626. The molecule has 0 unspecified atom stereocenters. The van der Waals surface area contributed by atoms with Crippen molar-refractivity contribution in [2.24, 2.45) is 11.8 Å². The third-order valence-electron chi connectivity index (χ3n) is 1.64. The summed E-state index contributed by atoms with van der Waals surface area (Å²) in [6.07, 6.45) is -1.25. The maximum atomic E-state index is 9.27. The Labute approximate surface area is 74.6 Å². The van der Waals surface area contributed by atoms with Crippen molar-refractivity contribution >= 4 is 0 Å². The lowest BCUT2D eigenvalue weighted by Crippen LogP contribution is -2.15. The number of aliphatic hydroxyl groups excluding tert-OH is 2. The molecular weight excluding hydrogens is 152 g/mol. The molecule has 0 saturated carbocycles. The van der Waals surface area contributed by atoms with Crippen LogP contribution < -0.4 is 0 Å². The van der Waals surface area contributed by atoms with Crippen molar-refractivity contribution in [2.45, 2.75) is 39.9 Å². The first kappa shape index (κ1) is 11.5. The lowest BCUT2D eigenvalue weighted by Gasteiger charge is -2.08. The molecule has 2 nitrogen and oxygen atoms in total. The van der Waals surface area contributed by atoms with Crippen LogP contribution in [0.2, 0.25) is 0 Å². The molecule has 0 saturated heterocycles. The summed E-state index contributed by atoms with van der Waals surface area (Å²) in [6, 6.07) is 0. The van der Waals surface area contributed by atoms with E-state index >= 15 is 0 Å². The molecular formula is C10H18O2. The Kier molecular flexibility index (Phi) is 4.96. The standard InChI is InChI=1S/C10H18O2/c1-7(2)9(11)5-6-10(12)8(3)4/h7-12H,1-4H3/t9-,10-/m1/s1. The Morgan fingerprint density at radius 2 is 1.00 bits per heavy atom. The fraction of sp³-hybridized carbons (Fsp3) is 0.800. The predicted molar refractivity (Wildman–Crippen MR) is 49.5 cm³/mol. The van der Waals surface area contributed by atoms with Crippen molar-refractivity contribution in [1.82, 2.24) is 0 Å². The predicted octanol–water partition coefficient (Wildman–Crippen LogP) is 1.02. The Balaban J connectivity index is 4.02. The SMILES string of the molecule is CC(C)[C@H](O)C#C[C@@H](O)C(C)C. The number of rotatable bonds is 2. The fourth-order valence-electron chi connectivity index (χ4n) is 0.504. The summed E-state index contributed by atoms with van der Waals surface area (Å²) in [7, 11) is 0. The first-order chi connectivity index (χ1) is 5.45. The highest BCUT2D eigenvalue weighted by Gasteiger charge is 2.07. The monoisotopic (exact) mass is 170 g/mol. The van der Waals surface area contributed by atoms with Gasteiger partial charge in [-0.3, -0.25) is 0 Å². The van der Waals surface area contributed by atoms with Gasteiger partial charge in [0.2, 0.25) is 0 Å². The van der Waals surface area contributed by atoms with Crippen molar-refractivity contribution in [2.75, 3.05) is 0 Å². The first-order valence-electron chi connectivity index (χ1n) is 4.32. The second kappa shape index (κ2) is 5.18. The summed E-state index contributed by atoms with van der Waals surface area (Å²) < 4.78 is 0. The number of hydrogen-bond acceptors (Lipinski definition) is 2. The van der Waals surface area contributed by atoms with Gasteiger partial charge in [-0.25, -0.2) is 0 Å². The van der Waals surface area contributed by atoms with E-state index in [1.165, 1.54) is 0 Å². The van der Waals surface area contributed by atoms with E-state index in [4.69, 9.17) is 0 Å². The molecule has 0 aromatic rings.